The second-order valence-corrected chi connectivity index (χ2v) is 5.69. The van der Waals surface area contributed by atoms with Gasteiger partial charge in [-0.3, -0.25) is 4.79 Å². The molecule has 0 saturated heterocycles. The van der Waals surface area contributed by atoms with E-state index in [1.54, 1.807) is 19.2 Å². The third-order valence-electron chi connectivity index (χ3n) is 3.35. The third-order valence-corrected chi connectivity index (χ3v) is 3.84. The highest BCUT2D eigenvalue weighted by Crippen LogP contribution is 2.23. The molecule has 0 bridgehead atoms. The first-order chi connectivity index (χ1) is 10.1. The van der Waals surface area contributed by atoms with Crippen LogP contribution in [0.4, 0.5) is 0 Å². The molecule has 0 aliphatic heterocycles. The summed E-state index contributed by atoms with van der Waals surface area (Å²) in [7, 11) is 1.56. The van der Waals surface area contributed by atoms with Crippen LogP contribution in [0.3, 0.4) is 0 Å². The number of carbonyl (C=O) groups excluding carboxylic acids is 1. The molecule has 0 atom stereocenters. The fourth-order valence-electron chi connectivity index (χ4n) is 2.15. The molecule has 0 aromatic heterocycles. The van der Waals surface area contributed by atoms with Crippen LogP contribution in [0.25, 0.3) is 0 Å². The van der Waals surface area contributed by atoms with Crippen molar-refractivity contribution in [3.63, 3.8) is 0 Å². The molecule has 0 spiro atoms. The Labute approximate surface area is 133 Å². The lowest BCUT2D eigenvalue weighted by Gasteiger charge is -2.10. The van der Waals surface area contributed by atoms with Crippen molar-refractivity contribution in [2.75, 3.05) is 13.7 Å². The Morgan fingerprint density at radius 2 is 2.00 bits per heavy atom. The predicted molar refractivity (Wildman–Crippen MR) is 87.9 cm³/mol. The van der Waals surface area contributed by atoms with Crippen molar-refractivity contribution in [1.82, 2.24) is 5.32 Å². The van der Waals surface area contributed by atoms with Gasteiger partial charge in [-0.2, -0.15) is 0 Å². The molecule has 3 nitrogen and oxygen atoms in total. The number of carbonyl (C=O) groups is 1. The molecule has 110 valence electrons. The molecule has 2 aromatic rings. The van der Waals surface area contributed by atoms with E-state index in [4.69, 9.17) is 4.74 Å². The van der Waals surface area contributed by atoms with Gasteiger partial charge in [0, 0.05) is 11.0 Å². The number of benzene rings is 2. The van der Waals surface area contributed by atoms with Gasteiger partial charge in [0.2, 0.25) is 0 Å². The first-order valence-corrected chi connectivity index (χ1v) is 7.57. The predicted octanol–water partition coefficient (Wildman–Crippen LogP) is 3.74. The lowest BCUT2D eigenvalue weighted by Crippen LogP contribution is -2.26. The molecule has 2 rings (SSSR count). The second kappa shape index (κ2) is 7.27. The van der Waals surface area contributed by atoms with Crippen LogP contribution in [0.5, 0.6) is 5.75 Å². The maximum absolute atomic E-state index is 12.2. The van der Waals surface area contributed by atoms with Crippen molar-refractivity contribution in [3.05, 3.63) is 63.6 Å². The van der Waals surface area contributed by atoms with Gasteiger partial charge in [-0.1, -0.05) is 40.2 Å². The number of halogens is 1. The Balaban J connectivity index is 1.98. The normalized spacial score (nSPS) is 10.2. The standard InChI is InChI=1S/C17H18BrNO2/c1-12-5-3-4-6-13(12)9-10-19-17(20)15-8-7-14(18)11-16(15)21-2/h3-8,11H,9-10H2,1-2H3,(H,19,20). The first-order valence-electron chi connectivity index (χ1n) is 6.78. The topological polar surface area (TPSA) is 38.3 Å². The molecule has 2 aromatic carbocycles. The van der Waals surface area contributed by atoms with Crippen LogP contribution < -0.4 is 10.1 Å². The lowest BCUT2D eigenvalue weighted by molar-refractivity contribution is 0.0951. The van der Waals surface area contributed by atoms with Crippen molar-refractivity contribution in [2.45, 2.75) is 13.3 Å². The Morgan fingerprint density at radius 1 is 1.24 bits per heavy atom. The van der Waals surface area contributed by atoms with Crippen LogP contribution in [0.15, 0.2) is 46.9 Å². The van der Waals surface area contributed by atoms with E-state index in [0.29, 0.717) is 17.9 Å². The summed E-state index contributed by atoms with van der Waals surface area (Å²) in [6.45, 7) is 2.68. The zero-order valence-corrected chi connectivity index (χ0v) is 13.7. The molecule has 4 heteroatoms. The maximum Gasteiger partial charge on any atom is 0.255 e. The van der Waals surface area contributed by atoms with Gasteiger partial charge in [0.25, 0.3) is 5.91 Å². The largest absolute Gasteiger partial charge is 0.496 e. The van der Waals surface area contributed by atoms with Crippen LogP contribution in [0.2, 0.25) is 0 Å². The van der Waals surface area contributed by atoms with Crippen molar-refractivity contribution < 1.29 is 9.53 Å². The Bertz CT molecular complexity index is 640. The first kappa shape index (κ1) is 15.6. The van der Waals surface area contributed by atoms with E-state index in [9.17, 15) is 4.79 Å². The summed E-state index contributed by atoms with van der Waals surface area (Å²) < 4.78 is 6.13. The summed E-state index contributed by atoms with van der Waals surface area (Å²) in [5, 5.41) is 2.93. The number of hydrogen-bond acceptors (Lipinski definition) is 2. The number of methoxy groups -OCH3 is 1. The number of aryl methyl sites for hydroxylation is 1. The zero-order chi connectivity index (χ0) is 15.2. The van der Waals surface area contributed by atoms with Gasteiger partial charge < -0.3 is 10.1 Å². The molecule has 0 saturated carbocycles. The van der Waals surface area contributed by atoms with Gasteiger partial charge in [-0.15, -0.1) is 0 Å². The fourth-order valence-corrected chi connectivity index (χ4v) is 2.49. The van der Waals surface area contributed by atoms with Gasteiger partial charge in [-0.05, 0) is 42.7 Å². The van der Waals surface area contributed by atoms with Crippen molar-refractivity contribution >= 4 is 21.8 Å². The third kappa shape index (κ3) is 4.08. The van der Waals surface area contributed by atoms with E-state index in [1.165, 1.54) is 11.1 Å². The monoisotopic (exact) mass is 347 g/mol. The molecule has 0 fully saturated rings. The summed E-state index contributed by atoms with van der Waals surface area (Å²) >= 11 is 3.37. The van der Waals surface area contributed by atoms with E-state index in [-0.39, 0.29) is 5.91 Å². The zero-order valence-electron chi connectivity index (χ0n) is 12.2. The fraction of sp³-hybridized carbons (Fsp3) is 0.235. The number of hydrogen-bond donors (Lipinski definition) is 1. The maximum atomic E-state index is 12.2. The number of ether oxygens (including phenoxy) is 1. The molecule has 0 unspecified atom stereocenters. The highest BCUT2D eigenvalue weighted by Gasteiger charge is 2.12. The number of nitrogens with one attached hydrogen (secondary N) is 1. The summed E-state index contributed by atoms with van der Waals surface area (Å²) in [5.74, 6) is 0.450. The lowest BCUT2D eigenvalue weighted by atomic mass is 10.1. The second-order valence-electron chi connectivity index (χ2n) is 4.78. The highest BCUT2D eigenvalue weighted by atomic mass is 79.9. The van der Waals surface area contributed by atoms with Crippen molar-refractivity contribution in [2.24, 2.45) is 0 Å². The molecule has 0 aliphatic carbocycles. The van der Waals surface area contributed by atoms with Crippen LogP contribution in [-0.4, -0.2) is 19.6 Å². The molecule has 1 amide bonds. The van der Waals surface area contributed by atoms with Gasteiger partial charge in [-0.25, -0.2) is 0 Å². The van der Waals surface area contributed by atoms with E-state index in [1.807, 2.05) is 18.2 Å². The molecular formula is C17H18BrNO2. The Hall–Kier alpha value is -1.81. The van der Waals surface area contributed by atoms with E-state index in [0.717, 1.165) is 10.9 Å². The smallest absolute Gasteiger partial charge is 0.255 e. The van der Waals surface area contributed by atoms with Crippen molar-refractivity contribution in [1.29, 1.82) is 0 Å². The highest BCUT2D eigenvalue weighted by molar-refractivity contribution is 9.10. The van der Waals surface area contributed by atoms with E-state index in [2.05, 4.69) is 40.3 Å². The van der Waals surface area contributed by atoms with Crippen LogP contribution in [0, 0.1) is 6.92 Å². The van der Waals surface area contributed by atoms with Gasteiger partial charge in [0.05, 0.1) is 12.7 Å². The SMILES string of the molecule is COc1cc(Br)ccc1C(=O)NCCc1ccccc1C. The summed E-state index contributed by atoms with van der Waals surface area (Å²) in [5.41, 5.74) is 3.04. The quantitative estimate of drug-likeness (QED) is 0.894. The molecule has 1 N–H and O–H groups in total. The summed E-state index contributed by atoms with van der Waals surface area (Å²) in [6, 6.07) is 13.6. The minimum Gasteiger partial charge on any atom is -0.496 e. The minimum absolute atomic E-state index is 0.118. The van der Waals surface area contributed by atoms with E-state index < -0.39 is 0 Å². The van der Waals surface area contributed by atoms with Gasteiger partial charge >= 0.3 is 0 Å². The van der Waals surface area contributed by atoms with Crippen LogP contribution in [0.1, 0.15) is 21.5 Å². The molecule has 21 heavy (non-hydrogen) atoms. The number of rotatable bonds is 5. The molecule has 0 radical (unpaired) electrons. The summed E-state index contributed by atoms with van der Waals surface area (Å²) in [4.78, 5) is 12.2. The molecule has 0 aliphatic rings. The van der Waals surface area contributed by atoms with Gasteiger partial charge in [0.15, 0.2) is 0 Å². The Morgan fingerprint density at radius 3 is 2.71 bits per heavy atom. The summed E-state index contributed by atoms with van der Waals surface area (Å²) in [6.07, 6.45) is 0.817. The van der Waals surface area contributed by atoms with E-state index >= 15 is 0 Å². The Kier molecular flexibility index (Phi) is 5.39. The molecule has 0 heterocycles. The van der Waals surface area contributed by atoms with Gasteiger partial charge in [0.1, 0.15) is 5.75 Å². The minimum atomic E-state index is -0.118. The average Bonchev–Trinajstić information content (AvgIpc) is 2.48. The van der Waals surface area contributed by atoms with Crippen LogP contribution in [-0.2, 0) is 6.42 Å². The van der Waals surface area contributed by atoms with Crippen LogP contribution >= 0.6 is 15.9 Å². The molecular weight excluding hydrogens is 330 g/mol. The average molecular weight is 348 g/mol. The van der Waals surface area contributed by atoms with Crippen molar-refractivity contribution in [3.8, 4) is 5.75 Å². The number of amides is 1.